The molecule has 0 spiro atoms. The van der Waals surface area contributed by atoms with Crippen molar-refractivity contribution < 1.29 is 23.7 Å². The number of carbonyl (C=O) groups is 1. The third-order valence-electron chi connectivity index (χ3n) is 6.06. The smallest absolute Gasteiger partial charge is 0.410 e. The van der Waals surface area contributed by atoms with E-state index in [2.05, 4.69) is 15.0 Å². The van der Waals surface area contributed by atoms with Gasteiger partial charge in [-0.05, 0) is 65.5 Å². The number of pyridine rings is 1. The van der Waals surface area contributed by atoms with Crippen LogP contribution in [-0.2, 0) is 15.9 Å². The van der Waals surface area contributed by atoms with E-state index in [0.29, 0.717) is 49.5 Å². The van der Waals surface area contributed by atoms with E-state index in [1.807, 2.05) is 39.8 Å². The monoisotopic (exact) mass is 484 g/mol. The third-order valence-corrected chi connectivity index (χ3v) is 6.06. The normalized spacial score (nSPS) is 16.4. The molecule has 1 aliphatic carbocycles. The zero-order chi connectivity index (χ0) is 24.8. The molecule has 0 atom stereocenters. The second-order valence-electron chi connectivity index (χ2n) is 9.51. The van der Waals surface area contributed by atoms with Crippen molar-refractivity contribution >= 4 is 6.09 Å². The van der Waals surface area contributed by atoms with Gasteiger partial charge in [0.2, 0.25) is 11.8 Å². The first kappa shape index (κ1) is 25.2. The molecule has 2 aromatic rings. The van der Waals surface area contributed by atoms with Gasteiger partial charge in [0.05, 0.1) is 23.5 Å². The Hall–Kier alpha value is -2.94. The van der Waals surface area contributed by atoms with E-state index < -0.39 is 0 Å². The van der Waals surface area contributed by atoms with E-state index in [4.69, 9.17) is 18.9 Å². The van der Waals surface area contributed by atoms with Crippen LogP contribution in [0.4, 0.5) is 4.79 Å². The van der Waals surface area contributed by atoms with Gasteiger partial charge in [0.25, 0.3) is 0 Å². The van der Waals surface area contributed by atoms with Crippen LogP contribution in [0.1, 0.15) is 62.9 Å². The molecule has 3 heterocycles. The molecule has 0 bridgehead atoms. The van der Waals surface area contributed by atoms with Crippen LogP contribution < -0.4 is 9.47 Å². The Kier molecular flexibility index (Phi) is 8.38. The number of hydrogen-bond donors (Lipinski definition) is 0. The van der Waals surface area contributed by atoms with Gasteiger partial charge in [-0.25, -0.2) is 14.8 Å². The fraction of sp³-hybridized carbons (Fsp3) is 0.615. The van der Waals surface area contributed by atoms with Crippen molar-refractivity contribution in [2.45, 2.75) is 84.5 Å². The Bertz CT molecular complexity index is 1000. The standard InChI is InChI=1S/C26H36N4O5/c1-17(2)33-26(31)30-13-11-22(12-14-30)34-24-18(3)25(28-16-27-24)35-23-10-7-20(29-19(23)4)6-5-15-32-21-8-9-21/h7,10,16-17,21-22H,5-6,8-9,11-15H2,1-4H3. The summed E-state index contributed by atoms with van der Waals surface area (Å²) in [6.07, 6.45) is 7.18. The Morgan fingerprint density at radius 2 is 1.80 bits per heavy atom. The van der Waals surface area contributed by atoms with Gasteiger partial charge in [-0.1, -0.05) is 0 Å². The summed E-state index contributed by atoms with van der Waals surface area (Å²) in [7, 11) is 0. The highest BCUT2D eigenvalue weighted by Crippen LogP contribution is 2.30. The van der Waals surface area contributed by atoms with Crippen LogP contribution in [-0.4, -0.2) is 64.0 Å². The molecule has 0 unspecified atom stereocenters. The molecule has 2 aliphatic rings. The van der Waals surface area contributed by atoms with Crippen molar-refractivity contribution in [2.24, 2.45) is 0 Å². The van der Waals surface area contributed by atoms with E-state index in [1.54, 1.807) is 4.90 Å². The predicted molar refractivity (Wildman–Crippen MR) is 130 cm³/mol. The topological polar surface area (TPSA) is 95.9 Å². The summed E-state index contributed by atoms with van der Waals surface area (Å²) < 4.78 is 23.2. The minimum absolute atomic E-state index is 0.0360. The van der Waals surface area contributed by atoms with Gasteiger partial charge >= 0.3 is 6.09 Å². The molecule has 0 aromatic carbocycles. The van der Waals surface area contributed by atoms with Crippen LogP contribution >= 0.6 is 0 Å². The van der Waals surface area contributed by atoms with Crippen molar-refractivity contribution in [3.63, 3.8) is 0 Å². The first-order chi connectivity index (χ1) is 16.9. The zero-order valence-corrected chi connectivity index (χ0v) is 21.2. The molecule has 1 amide bonds. The lowest BCUT2D eigenvalue weighted by Crippen LogP contribution is -2.42. The molecule has 1 saturated carbocycles. The Morgan fingerprint density at radius 1 is 1.06 bits per heavy atom. The minimum Gasteiger partial charge on any atom is -0.474 e. The van der Waals surface area contributed by atoms with E-state index >= 15 is 0 Å². The maximum Gasteiger partial charge on any atom is 0.410 e. The molecular weight excluding hydrogens is 448 g/mol. The van der Waals surface area contributed by atoms with Crippen molar-refractivity contribution in [1.82, 2.24) is 19.9 Å². The van der Waals surface area contributed by atoms with Gasteiger partial charge in [-0.2, -0.15) is 0 Å². The lowest BCUT2D eigenvalue weighted by molar-refractivity contribution is 0.0505. The Labute approximate surface area is 207 Å². The van der Waals surface area contributed by atoms with Crippen molar-refractivity contribution in [3.05, 3.63) is 35.4 Å². The number of amides is 1. The van der Waals surface area contributed by atoms with Crippen LogP contribution in [0, 0.1) is 13.8 Å². The molecule has 1 aliphatic heterocycles. The van der Waals surface area contributed by atoms with Crippen LogP contribution in [0.2, 0.25) is 0 Å². The highest BCUT2D eigenvalue weighted by molar-refractivity contribution is 5.67. The van der Waals surface area contributed by atoms with Gasteiger partial charge in [0, 0.05) is 38.2 Å². The van der Waals surface area contributed by atoms with Crippen LogP contribution in [0.15, 0.2) is 18.5 Å². The second-order valence-corrected chi connectivity index (χ2v) is 9.51. The number of ether oxygens (including phenoxy) is 4. The Morgan fingerprint density at radius 3 is 2.49 bits per heavy atom. The summed E-state index contributed by atoms with van der Waals surface area (Å²) in [5, 5.41) is 0. The van der Waals surface area contributed by atoms with Crippen molar-refractivity contribution in [2.75, 3.05) is 19.7 Å². The van der Waals surface area contributed by atoms with E-state index in [-0.39, 0.29) is 18.3 Å². The van der Waals surface area contributed by atoms with Crippen LogP contribution in [0.3, 0.4) is 0 Å². The second kappa shape index (κ2) is 11.7. The van der Waals surface area contributed by atoms with Gasteiger partial charge in [0.15, 0.2) is 5.75 Å². The molecule has 190 valence electrons. The number of piperidine rings is 1. The van der Waals surface area contributed by atoms with Gasteiger partial charge in [-0.3, -0.25) is 4.98 Å². The quantitative estimate of drug-likeness (QED) is 0.445. The van der Waals surface area contributed by atoms with Gasteiger partial charge < -0.3 is 23.8 Å². The maximum absolute atomic E-state index is 12.1. The molecule has 1 saturated heterocycles. The average molecular weight is 485 g/mol. The molecular formula is C26H36N4O5. The minimum atomic E-state index is -0.269. The summed E-state index contributed by atoms with van der Waals surface area (Å²) in [6.45, 7) is 9.49. The number of hydrogen-bond acceptors (Lipinski definition) is 8. The summed E-state index contributed by atoms with van der Waals surface area (Å²) in [5.41, 5.74) is 2.57. The molecule has 2 fully saturated rings. The molecule has 4 rings (SSSR count). The highest BCUT2D eigenvalue weighted by Gasteiger charge is 2.26. The lowest BCUT2D eigenvalue weighted by atomic mass is 10.1. The van der Waals surface area contributed by atoms with Crippen LogP contribution in [0.5, 0.6) is 17.5 Å². The zero-order valence-electron chi connectivity index (χ0n) is 21.2. The van der Waals surface area contributed by atoms with E-state index in [0.717, 1.165) is 36.4 Å². The molecule has 0 radical (unpaired) electrons. The first-order valence-electron chi connectivity index (χ1n) is 12.6. The van der Waals surface area contributed by atoms with Crippen molar-refractivity contribution in [3.8, 4) is 17.5 Å². The number of likely N-dealkylation sites (tertiary alicyclic amines) is 1. The molecule has 9 nitrogen and oxygen atoms in total. The molecule has 9 heteroatoms. The highest BCUT2D eigenvalue weighted by atomic mass is 16.6. The number of aromatic nitrogens is 3. The van der Waals surface area contributed by atoms with Gasteiger partial charge in [0.1, 0.15) is 12.4 Å². The summed E-state index contributed by atoms with van der Waals surface area (Å²) >= 11 is 0. The SMILES string of the molecule is Cc1nc(CCCOC2CC2)ccc1Oc1ncnc(OC2CCN(C(=O)OC(C)C)CC2)c1C. The molecule has 0 N–H and O–H groups in total. The summed E-state index contributed by atoms with van der Waals surface area (Å²) in [4.78, 5) is 27.1. The number of aryl methyl sites for hydroxylation is 2. The first-order valence-corrected chi connectivity index (χ1v) is 12.6. The Balaban J connectivity index is 1.30. The number of nitrogens with zero attached hydrogens (tertiary/aromatic N) is 4. The van der Waals surface area contributed by atoms with Gasteiger partial charge in [-0.15, -0.1) is 0 Å². The summed E-state index contributed by atoms with van der Waals surface area (Å²) in [5.74, 6) is 1.60. The van der Waals surface area contributed by atoms with Crippen molar-refractivity contribution in [1.29, 1.82) is 0 Å². The maximum atomic E-state index is 12.1. The van der Waals surface area contributed by atoms with E-state index in [9.17, 15) is 4.79 Å². The third kappa shape index (κ3) is 7.27. The molecule has 35 heavy (non-hydrogen) atoms. The number of rotatable bonds is 10. The average Bonchev–Trinajstić information content (AvgIpc) is 3.65. The lowest BCUT2D eigenvalue weighted by Gasteiger charge is -2.31. The fourth-order valence-electron chi connectivity index (χ4n) is 3.92. The largest absolute Gasteiger partial charge is 0.474 e. The predicted octanol–water partition coefficient (Wildman–Crippen LogP) is 4.78. The fourth-order valence-corrected chi connectivity index (χ4v) is 3.92. The molecule has 2 aromatic heterocycles. The number of carbonyl (C=O) groups excluding carboxylic acids is 1. The van der Waals surface area contributed by atoms with E-state index in [1.165, 1.54) is 19.2 Å². The van der Waals surface area contributed by atoms with Crippen LogP contribution in [0.25, 0.3) is 0 Å². The summed E-state index contributed by atoms with van der Waals surface area (Å²) in [6, 6.07) is 3.93.